The molecule has 1 fully saturated rings. The smallest absolute Gasteiger partial charge is 0.0564 e. The van der Waals surface area contributed by atoms with Crippen LogP contribution in [0.25, 0.3) is 0 Å². The summed E-state index contributed by atoms with van der Waals surface area (Å²) in [6.45, 7) is 12.2. The second-order valence-electron chi connectivity index (χ2n) is 6.42. The molecule has 0 aliphatic carbocycles. The molecule has 0 aromatic heterocycles. The van der Waals surface area contributed by atoms with Gasteiger partial charge in [0.25, 0.3) is 0 Å². The summed E-state index contributed by atoms with van der Waals surface area (Å²) in [5.41, 5.74) is 7.34. The minimum absolute atomic E-state index is 0.0600. The molecule has 1 N–H and O–H groups in total. The van der Waals surface area contributed by atoms with Crippen LogP contribution in [0.5, 0.6) is 0 Å². The SMILES string of the molecule is Cc1cc(C)c(C)c(CCCN2CCC(O)CC2)c1C. The third-order valence-corrected chi connectivity index (χ3v) is 4.98. The number of piperidine rings is 1. The number of aryl methyl sites for hydroxylation is 2. The second kappa shape index (κ2) is 6.73. The van der Waals surface area contributed by atoms with Crippen molar-refractivity contribution in [2.45, 2.75) is 59.5 Å². The van der Waals surface area contributed by atoms with Gasteiger partial charge in [0, 0.05) is 13.1 Å². The van der Waals surface area contributed by atoms with Crippen LogP contribution in [-0.2, 0) is 6.42 Å². The van der Waals surface area contributed by atoms with Crippen LogP contribution >= 0.6 is 0 Å². The van der Waals surface area contributed by atoms with E-state index in [1.807, 2.05) is 0 Å². The number of nitrogens with zero attached hydrogens (tertiary/aromatic N) is 1. The lowest BCUT2D eigenvalue weighted by atomic mass is 9.91. The predicted molar refractivity (Wildman–Crippen MR) is 85.4 cm³/mol. The third-order valence-electron chi connectivity index (χ3n) is 4.98. The van der Waals surface area contributed by atoms with E-state index in [1.165, 1.54) is 41.6 Å². The molecule has 1 heterocycles. The molecule has 0 spiro atoms. The lowest BCUT2D eigenvalue weighted by Gasteiger charge is -2.29. The van der Waals surface area contributed by atoms with Gasteiger partial charge >= 0.3 is 0 Å². The zero-order valence-corrected chi connectivity index (χ0v) is 13.5. The van der Waals surface area contributed by atoms with Crippen LogP contribution in [-0.4, -0.2) is 35.7 Å². The van der Waals surface area contributed by atoms with Crippen LogP contribution in [0.4, 0.5) is 0 Å². The molecule has 0 radical (unpaired) electrons. The summed E-state index contributed by atoms with van der Waals surface area (Å²) in [7, 11) is 0. The van der Waals surface area contributed by atoms with Crippen LogP contribution < -0.4 is 0 Å². The van der Waals surface area contributed by atoms with Crippen molar-refractivity contribution in [2.24, 2.45) is 0 Å². The van der Waals surface area contributed by atoms with Gasteiger partial charge in [-0.2, -0.15) is 0 Å². The van der Waals surface area contributed by atoms with E-state index >= 15 is 0 Å². The first-order valence-corrected chi connectivity index (χ1v) is 7.95. The predicted octanol–water partition coefficient (Wildman–Crippen LogP) is 3.31. The summed E-state index contributed by atoms with van der Waals surface area (Å²) >= 11 is 0. The Labute approximate surface area is 123 Å². The van der Waals surface area contributed by atoms with Gasteiger partial charge in [-0.05, 0) is 87.7 Å². The summed E-state index contributed by atoms with van der Waals surface area (Å²) in [5.74, 6) is 0. The van der Waals surface area contributed by atoms with Crippen molar-refractivity contribution < 1.29 is 5.11 Å². The number of hydrogen-bond acceptors (Lipinski definition) is 2. The van der Waals surface area contributed by atoms with E-state index in [2.05, 4.69) is 38.7 Å². The standard InChI is InChI=1S/C18H29NO/c1-13-12-14(2)16(4)18(15(13)3)6-5-9-19-10-7-17(20)8-11-19/h12,17,20H,5-11H2,1-4H3. The first kappa shape index (κ1) is 15.5. The van der Waals surface area contributed by atoms with Crippen molar-refractivity contribution in [3.8, 4) is 0 Å². The summed E-state index contributed by atoms with van der Waals surface area (Å²) < 4.78 is 0. The van der Waals surface area contributed by atoms with Gasteiger partial charge in [-0.25, -0.2) is 0 Å². The number of aliphatic hydroxyl groups is 1. The molecule has 1 aliphatic heterocycles. The van der Waals surface area contributed by atoms with Gasteiger partial charge in [0.15, 0.2) is 0 Å². The zero-order chi connectivity index (χ0) is 14.7. The minimum Gasteiger partial charge on any atom is -0.393 e. The van der Waals surface area contributed by atoms with Gasteiger partial charge in [-0.1, -0.05) is 6.07 Å². The first-order chi connectivity index (χ1) is 9.49. The Bertz CT molecular complexity index is 433. The van der Waals surface area contributed by atoms with Gasteiger partial charge < -0.3 is 10.0 Å². The molecule has 2 rings (SSSR count). The fourth-order valence-corrected chi connectivity index (χ4v) is 3.30. The molecule has 0 saturated carbocycles. The highest BCUT2D eigenvalue weighted by Crippen LogP contribution is 2.23. The highest BCUT2D eigenvalue weighted by molar-refractivity contribution is 5.44. The summed E-state index contributed by atoms with van der Waals surface area (Å²) in [4.78, 5) is 2.50. The normalized spacial score (nSPS) is 17.6. The van der Waals surface area contributed by atoms with Gasteiger partial charge in [0.1, 0.15) is 0 Å². The van der Waals surface area contributed by atoms with E-state index in [4.69, 9.17) is 0 Å². The van der Waals surface area contributed by atoms with Crippen molar-refractivity contribution in [1.29, 1.82) is 0 Å². The van der Waals surface area contributed by atoms with E-state index in [1.54, 1.807) is 5.56 Å². The molecule has 1 aromatic rings. The van der Waals surface area contributed by atoms with Crippen LogP contribution in [0.2, 0.25) is 0 Å². The fraction of sp³-hybridized carbons (Fsp3) is 0.667. The Balaban J connectivity index is 1.91. The number of rotatable bonds is 4. The minimum atomic E-state index is -0.0600. The Morgan fingerprint density at radius 3 is 2.15 bits per heavy atom. The molecule has 2 heteroatoms. The average Bonchev–Trinajstić information content (AvgIpc) is 2.42. The Morgan fingerprint density at radius 2 is 1.60 bits per heavy atom. The molecular formula is C18H29NO. The molecule has 20 heavy (non-hydrogen) atoms. The molecule has 1 aliphatic rings. The Morgan fingerprint density at radius 1 is 1.05 bits per heavy atom. The van der Waals surface area contributed by atoms with Gasteiger partial charge in [-0.15, -0.1) is 0 Å². The van der Waals surface area contributed by atoms with Crippen LogP contribution in [0.15, 0.2) is 6.07 Å². The fourth-order valence-electron chi connectivity index (χ4n) is 3.30. The van der Waals surface area contributed by atoms with Gasteiger partial charge in [0.05, 0.1) is 6.10 Å². The largest absolute Gasteiger partial charge is 0.393 e. The van der Waals surface area contributed by atoms with E-state index in [-0.39, 0.29) is 6.10 Å². The quantitative estimate of drug-likeness (QED) is 0.911. The lowest BCUT2D eigenvalue weighted by molar-refractivity contribution is 0.0821. The van der Waals surface area contributed by atoms with Crippen molar-refractivity contribution in [2.75, 3.05) is 19.6 Å². The highest BCUT2D eigenvalue weighted by Gasteiger charge is 2.16. The number of hydrogen-bond donors (Lipinski definition) is 1. The number of likely N-dealkylation sites (tertiary alicyclic amines) is 1. The molecule has 0 unspecified atom stereocenters. The first-order valence-electron chi connectivity index (χ1n) is 7.95. The van der Waals surface area contributed by atoms with E-state index in [0.717, 1.165) is 25.9 Å². The monoisotopic (exact) mass is 275 g/mol. The van der Waals surface area contributed by atoms with E-state index in [0.29, 0.717) is 0 Å². The van der Waals surface area contributed by atoms with Crippen LogP contribution in [0.1, 0.15) is 47.1 Å². The molecule has 1 aromatic carbocycles. The van der Waals surface area contributed by atoms with Crippen molar-refractivity contribution in [3.63, 3.8) is 0 Å². The lowest BCUT2D eigenvalue weighted by Crippen LogP contribution is -2.36. The van der Waals surface area contributed by atoms with Crippen molar-refractivity contribution in [1.82, 2.24) is 4.90 Å². The maximum atomic E-state index is 9.54. The topological polar surface area (TPSA) is 23.5 Å². The van der Waals surface area contributed by atoms with Crippen LogP contribution in [0, 0.1) is 27.7 Å². The molecule has 2 nitrogen and oxygen atoms in total. The number of benzene rings is 1. The summed E-state index contributed by atoms with van der Waals surface area (Å²) in [6.07, 6.45) is 4.23. The zero-order valence-electron chi connectivity index (χ0n) is 13.5. The molecule has 0 amide bonds. The molecule has 1 saturated heterocycles. The number of aliphatic hydroxyl groups excluding tert-OH is 1. The van der Waals surface area contributed by atoms with E-state index < -0.39 is 0 Å². The Kier molecular flexibility index (Phi) is 5.22. The average molecular weight is 275 g/mol. The van der Waals surface area contributed by atoms with Crippen LogP contribution in [0.3, 0.4) is 0 Å². The third kappa shape index (κ3) is 3.62. The second-order valence-corrected chi connectivity index (χ2v) is 6.42. The maximum Gasteiger partial charge on any atom is 0.0564 e. The molecule has 0 bridgehead atoms. The maximum absolute atomic E-state index is 9.54. The van der Waals surface area contributed by atoms with Crippen molar-refractivity contribution >= 4 is 0 Å². The summed E-state index contributed by atoms with van der Waals surface area (Å²) in [6, 6.07) is 2.31. The van der Waals surface area contributed by atoms with Gasteiger partial charge in [0.2, 0.25) is 0 Å². The molecule has 112 valence electrons. The summed E-state index contributed by atoms with van der Waals surface area (Å²) in [5, 5.41) is 9.54. The molecule has 0 atom stereocenters. The van der Waals surface area contributed by atoms with E-state index in [9.17, 15) is 5.11 Å². The molecular weight excluding hydrogens is 246 g/mol. The van der Waals surface area contributed by atoms with Gasteiger partial charge in [-0.3, -0.25) is 0 Å². The highest BCUT2D eigenvalue weighted by atomic mass is 16.3. The Hall–Kier alpha value is -0.860. The van der Waals surface area contributed by atoms with Crippen molar-refractivity contribution in [3.05, 3.63) is 33.9 Å².